The Hall–Kier alpha value is -2.04. The third-order valence-corrected chi connectivity index (χ3v) is 2.34. The van der Waals surface area contributed by atoms with Crippen molar-refractivity contribution < 1.29 is 19.4 Å². The molecule has 106 valence electrons. The van der Waals surface area contributed by atoms with E-state index >= 15 is 0 Å². The number of methoxy groups -OCH3 is 1. The third-order valence-electron chi connectivity index (χ3n) is 2.34. The Kier molecular flexibility index (Phi) is 6.61. The maximum Gasteiger partial charge on any atom is 0.328 e. The largest absolute Gasteiger partial charge is 0.496 e. The van der Waals surface area contributed by atoms with E-state index in [0.717, 1.165) is 5.75 Å². The van der Waals surface area contributed by atoms with E-state index in [1.54, 1.807) is 7.11 Å². The van der Waals surface area contributed by atoms with Crippen molar-refractivity contribution in [2.45, 2.75) is 33.2 Å². The van der Waals surface area contributed by atoms with Gasteiger partial charge in [0.1, 0.15) is 11.3 Å². The summed E-state index contributed by atoms with van der Waals surface area (Å²) in [6, 6.07) is 7.94. The lowest BCUT2D eigenvalue weighted by Gasteiger charge is -2.19. The molecule has 0 unspecified atom stereocenters. The number of aryl methyl sites for hydroxylation is 1. The fraction of sp³-hybridized carbons (Fsp3) is 0.429. The highest BCUT2D eigenvalue weighted by Gasteiger charge is 2.27. The van der Waals surface area contributed by atoms with Gasteiger partial charge in [-0.2, -0.15) is 0 Å². The number of hydrogen-bond donors (Lipinski definition) is 2. The zero-order chi connectivity index (χ0) is 15.1. The van der Waals surface area contributed by atoms with Gasteiger partial charge >= 0.3 is 5.97 Å². The molecule has 0 aliphatic heterocycles. The molecule has 0 saturated carbocycles. The molecule has 1 rings (SSSR count). The molecule has 0 spiro atoms. The summed E-state index contributed by atoms with van der Waals surface area (Å²) in [6.45, 7) is 6.16. The minimum atomic E-state index is -1.16. The van der Waals surface area contributed by atoms with Gasteiger partial charge in [0.2, 0.25) is 5.91 Å². The molecule has 0 fully saturated rings. The molecule has 0 aromatic heterocycles. The summed E-state index contributed by atoms with van der Waals surface area (Å²) in [6.07, 6.45) is 0. The molecule has 0 aliphatic carbocycles. The van der Waals surface area contributed by atoms with Gasteiger partial charge in [0.25, 0.3) is 0 Å². The fourth-order valence-electron chi connectivity index (χ4n) is 1.28. The first-order valence-electron chi connectivity index (χ1n) is 5.82. The number of nitrogens with one attached hydrogen (secondary N) is 1. The number of rotatable bonds is 3. The van der Waals surface area contributed by atoms with Crippen LogP contribution in [0.4, 0.5) is 0 Å². The van der Waals surface area contributed by atoms with Gasteiger partial charge in [-0.05, 0) is 32.4 Å². The van der Waals surface area contributed by atoms with E-state index in [1.807, 2.05) is 31.2 Å². The molecule has 0 saturated heterocycles. The summed E-state index contributed by atoms with van der Waals surface area (Å²) in [5.41, 5.74) is 0.0197. The van der Waals surface area contributed by atoms with Crippen molar-refractivity contribution in [1.82, 2.24) is 5.32 Å². The fourth-order valence-corrected chi connectivity index (χ4v) is 1.28. The van der Waals surface area contributed by atoms with E-state index in [2.05, 4.69) is 5.32 Å². The van der Waals surface area contributed by atoms with Crippen LogP contribution in [-0.2, 0) is 9.59 Å². The molecule has 0 aliphatic rings. The Morgan fingerprint density at radius 2 is 1.79 bits per heavy atom. The van der Waals surface area contributed by atoms with E-state index < -0.39 is 11.5 Å². The summed E-state index contributed by atoms with van der Waals surface area (Å²) >= 11 is 0. The zero-order valence-corrected chi connectivity index (χ0v) is 12.0. The number of carbonyl (C=O) groups is 2. The number of amides is 1. The highest BCUT2D eigenvalue weighted by molar-refractivity contribution is 5.85. The van der Waals surface area contributed by atoms with Crippen LogP contribution in [0.25, 0.3) is 0 Å². The lowest BCUT2D eigenvalue weighted by Crippen LogP contribution is -2.48. The molecule has 0 radical (unpaired) electrons. The average molecular weight is 267 g/mol. The van der Waals surface area contributed by atoms with Crippen LogP contribution in [0.15, 0.2) is 24.3 Å². The van der Waals surface area contributed by atoms with E-state index in [9.17, 15) is 9.59 Å². The highest BCUT2D eigenvalue weighted by Crippen LogP contribution is 2.14. The minimum Gasteiger partial charge on any atom is -0.496 e. The van der Waals surface area contributed by atoms with E-state index in [-0.39, 0.29) is 5.91 Å². The maximum atomic E-state index is 10.4. The third kappa shape index (κ3) is 6.45. The molecule has 5 heteroatoms. The Bertz CT molecular complexity index is 441. The molecule has 1 aromatic rings. The van der Waals surface area contributed by atoms with Crippen molar-refractivity contribution in [3.63, 3.8) is 0 Å². The molecule has 19 heavy (non-hydrogen) atoms. The zero-order valence-electron chi connectivity index (χ0n) is 12.0. The Labute approximate surface area is 113 Å². The van der Waals surface area contributed by atoms with E-state index in [4.69, 9.17) is 9.84 Å². The van der Waals surface area contributed by atoms with Crippen molar-refractivity contribution in [2.75, 3.05) is 7.11 Å². The van der Waals surface area contributed by atoms with Crippen LogP contribution < -0.4 is 10.1 Å². The second kappa shape index (κ2) is 7.41. The quantitative estimate of drug-likeness (QED) is 0.878. The van der Waals surface area contributed by atoms with Gasteiger partial charge in [-0.1, -0.05) is 18.2 Å². The van der Waals surface area contributed by atoms with Gasteiger partial charge in [-0.3, -0.25) is 4.79 Å². The SMILES string of the molecule is CC(=O)NC(C)(C)C(=O)O.COc1ccccc1C. The van der Waals surface area contributed by atoms with Crippen LogP contribution in [-0.4, -0.2) is 29.6 Å². The number of para-hydroxylation sites is 1. The van der Waals surface area contributed by atoms with Crippen LogP contribution in [0.3, 0.4) is 0 Å². The second-order valence-electron chi connectivity index (χ2n) is 4.58. The van der Waals surface area contributed by atoms with Gasteiger partial charge in [-0.25, -0.2) is 4.79 Å². The first-order chi connectivity index (χ1) is 8.70. The van der Waals surface area contributed by atoms with Gasteiger partial charge in [0.15, 0.2) is 0 Å². The summed E-state index contributed by atoms with van der Waals surface area (Å²) in [7, 11) is 1.68. The molecule has 0 bridgehead atoms. The molecule has 2 N–H and O–H groups in total. The van der Waals surface area contributed by atoms with E-state index in [0.29, 0.717) is 0 Å². The van der Waals surface area contributed by atoms with Gasteiger partial charge < -0.3 is 15.2 Å². The van der Waals surface area contributed by atoms with Crippen LogP contribution in [0, 0.1) is 6.92 Å². The first kappa shape index (κ1) is 17.0. The standard InChI is InChI=1S/C8H10O.C6H11NO3/c1-7-5-3-4-6-8(7)9-2;1-4(8)7-6(2,3)5(9)10/h3-6H,1-2H3;1-3H3,(H,7,8)(H,9,10). The minimum absolute atomic E-state index is 0.340. The van der Waals surface area contributed by atoms with Crippen LogP contribution in [0.2, 0.25) is 0 Å². The lowest BCUT2D eigenvalue weighted by molar-refractivity contribution is -0.145. The van der Waals surface area contributed by atoms with Gasteiger partial charge in [0.05, 0.1) is 7.11 Å². The van der Waals surface area contributed by atoms with Gasteiger partial charge in [-0.15, -0.1) is 0 Å². The number of aliphatic carboxylic acids is 1. The topological polar surface area (TPSA) is 75.6 Å². The monoisotopic (exact) mass is 267 g/mol. The lowest BCUT2D eigenvalue weighted by atomic mass is 10.1. The molecule has 0 heterocycles. The maximum absolute atomic E-state index is 10.4. The molecule has 5 nitrogen and oxygen atoms in total. The number of carbonyl (C=O) groups excluding carboxylic acids is 1. The number of carboxylic acid groups (broad SMARTS) is 1. The normalized spacial score (nSPS) is 9.95. The van der Waals surface area contributed by atoms with Crippen LogP contribution >= 0.6 is 0 Å². The summed E-state index contributed by atoms with van der Waals surface area (Å²) in [5.74, 6) is -0.424. The first-order valence-corrected chi connectivity index (χ1v) is 5.82. The summed E-state index contributed by atoms with van der Waals surface area (Å²) in [4.78, 5) is 20.7. The second-order valence-corrected chi connectivity index (χ2v) is 4.58. The van der Waals surface area contributed by atoms with Crippen LogP contribution in [0.1, 0.15) is 26.3 Å². The van der Waals surface area contributed by atoms with Gasteiger partial charge in [0, 0.05) is 6.92 Å². The molecular weight excluding hydrogens is 246 g/mol. The van der Waals surface area contributed by atoms with Crippen LogP contribution in [0.5, 0.6) is 5.75 Å². The molecule has 0 atom stereocenters. The number of hydrogen-bond acceptors (Lipinski definition) is 3. The number of carboxylic acids is 1. The van der Waals surface area contributed by atoms with Crippen molar-refractivity contribution in [3.8, 4) is 5.75 Å². The molecule has 1 amide bonds. The predicted octanol–water partition coefficient (Wildman–Crippen LogP) is 1.99. The Morgan fingerprint density at radius 3 is 2.05 bits per heavy atom. The van der Waals surface area contributed by atoms with Crippen molar-refractivity contribution in [1.29, 1.82) is 0 Å². The average Bonchev–Trinajstić information content (AvgIpc) is 2.28. The molecule has 1 aromatic carbocycles. The Balaban J connectivity index is 0.000000342. The smallest absolute Gasteiger partial charge is 0.328 e. The Morgan fingerprint density at radius 1 is 1.26 bits per heavy atom. The number of benzene rings is 1. The highest BCUT2D eigenvalue weighted by atomic mass is 16.5. The van der Waals surface area contributed by atoms with Crippen molar-refractivity contribution in [2.24, 2.45) is 0 Å². The predicted molar refractivity (Wildman–Crippen MR) is 73.3 cm³/mol. The molecular formula is C14H21NO4. The summed E-state index contributed by atoms with van der Waals surface area (Å²) < 4.78 is 5.04. The van der Waals surface area contributed by atoms with E-state index in [1.165, 1.54) is 26.3 Å². The van der Waals surface area contributed by atoms with Crippen molar-refractivity contribution >= 4 is 11.9 Å². The summed E-state index contributed by atoms with van der Waals surface area (Å²) in [5, 5.41) is 10.8. The number of ether oxygens (including phenoxy) is 1. The van der Waals surface area contributed by atoms with Crippen molar-refractivity contribution in [3.05, 3.63) is 29.8 Å².